The molecule has 0 aliphatic heterocycles. The average molecular weight is 367 g/mol. The van der Waals surface area contributed by atoms with Crippen molar-refractivity contribution in [1.82, 2.24) is 0 Å². The molecule has 0 spiro atoms. The monoisotopic (exact) mass is 367 g/mol. The van der Waals surface area contributed by atoms with Crippen molar-refractivity contribution in [1.29, 1.82) is 0 Å². The highest BCUT2D eigenvalue weighted by atomic mass is 31.2. The summed E-state index contributed by atoms with van der Waals surface area (Å²) in [6.45, 7) is 3.47. The van der Waals surface area contributed by atoms with E-state index in [4.69, 9.17) is 9.05 Å². The van der Waals surface area contributed by atoms with E-state index in [2.05, 4.69) is 0 Å². The molecule has 1 unspecified atom stereocenters. The first-order chi connectivity index (χ1) is 11.9. The molecule has 0 N–H and O–H groups in total. The van der Waals surface area contributed by atoms with Crippen molar-refractivity contribution in [2.75, 3.05) is 13.2 Å². The maximum Gasteiger partial charge on any atom is 0.342 e. The lowest BCUT2D eigenvalue weighted by Gasteiger charge is -2.26. The number of halogens is 1. The Morgan fingerprint density at radius 3 is 2.24 bits per heavy atom. The molecule has 134 valence electrons. The van der Waals surface area contributed by atoms with Gasteiger partial charge in [-0.15, -0.1) is 0 Å². The first-order valence-electron chi connectivity index (χ1n) is 7.80. The standard InChI is InChI=1S/C17H19FNO5P/c1-3-23-25(22,24-4-2)17(13-8-6-5-7-9-13)15-12-14(18)10-11-16(15)19(20)21/h5-12,17H,3-4H2,1-2H3. The normalized spacial score (nSPS) is 12.8. The van der Waals surface area contributed by atoms with Gasteiger partial charge >= 0.3 is 7.60 Å². The van der Waals surface area contributed by atoms with Crippen LogP contribution in [0.1, 0.15) is 30.6 Å². The van der Waals surface area contributed by atoms with Crippen LogP contribution in [0.5, 0.6) is 0 Å². The van der Waals surface area contributed by atoms with Crippen molar-refractivity contribution in [2.45, 2.75) is 19.5 Å². The van der Waals surface area contributed by atoms with E-state index in [9.17, 15) is 19.1 Å². The Kier molecular flexibility index (Phi) is 6.42. The zero-order valence-corrected chi connectivity index (χ0v) is 14.8. The molecule has 0 heterocycles. The molecule has 0 aromatic heterocycles. The van der Waals surface area contributed by atoms with Gasteiger partial charge in [0.2, 0.25) is 0 Å². The minimum atomic E-state index is -3.83. The van der Waals surface area contributed by atoms with Crippen molar-refractivity contribution in [3.05, 3.63) is 75.6 Å². The van der Waals surface area contributed by atoms with Gasteiger partial charge < -0.3 is 9.05 Å². The molecule has 0 fully saturated rings. The SMILES string of the molecule is CCOP(=O)(OCC)C(c1ccccc1)c1cc(F)ccc1[N+](=O)[O-]. The fourth-order valence-electron chi connectivity index (χ4n) is 2.62. The molecule has 0 aliphatic carbocycles. The van der Waals surface area contributed by atoms with Crippen LogP contribution in [0.25, 0.3) is 0 Å². The van der Waals surface area contributed by atoms with E-state index in [-0.39, 0.29) is 24.5 Å². The molecule has 0 amide bonds. The zero-order chi connectivity index (χ0) is 18.4. The number of hydrogen-bond donors (Lipinski definition) is 0. The van der Waals surface area contributed by atoms with Crippen molar-refractivity contribution in [3.63, 3.8) is 0 Å². The molecule has 1 atom stereocenters. The minimum absolute atomic E-state index is 0.0403. The topological polar surface area (TPSA) is 78.7 Å². The molecule has 0 radical (unpaired) electrons. The number of benzene rings is 2. The van der Waals surface area contributed by atoms with E-state index < -0.39 is 24.0 Å². The first kappa shape index (κ1) is 19.2. The summed E-state index contributed by atoms with van der Waals surface area (Å²) < 4.78 is 38.1. The summed E-state index contributed by atoms with van der Waals surface area (Å²) in [7, 11) is -3.83. The van der Waals surface area contributed by atoms with E-state index in [1.807, 2.05) is 0 Å². The van der Waals surface area contributed by atoms with Crippen molar-refractivity contribution in [2.24, 2.45) is 0 Å². The molecule has 6 nitrogen and oxygen atoms in total. The maximum atomic E-state index is 13.9. The van der Waals surface area contributed by atoms with Gasteiger partial charge in [-0.05, 0) is 31.5 Å². The van der Waals surface area contributed by atoms with Crippen LogP contribution in [-0.4, -0.2) is 18.1 Å². The number of hydrogen-bond acceptors (Lipinski definition) is 5. The predicted molar refractivity (Wildman–Crippen MR) is 92.2 cm³/mol. The van der Waals surface area contributed by atoms with E-state index in [1.54, 1.807) is 44.2 Å². The fraction of sp³-hybridized carbons (Fsp3) is 0.294. The Hall–Kier alpha value is -2.08. The Balaban J connectivity index is 2.75. The lowest BCUT2D eigenvalue weighted by Crippen LogP contribution is -2.11. The van der Waals surface area contributed by atoms with Gasteiger partial charge in [0, 0.05) is 6.07 Å². The minimum Gasteiger partial charge on any atom is -0.308 e. The van der Waals surface area contributed by atoms with Crippen LogP contribution in [-0.2, 0) is 13.6 Å². The molecular formula is C17H19FNO5P. The largest absolute Gasteiger partial charge is 0.342 e. The number of rotatable bonds is 8. The molecule has 2 aromatic carbocycles. The number of nitrogens with zero attached hydrogens (tertiary/aromatic N) is 1. The molecule has 0 saturated carbocycles. The smallest absolute Gasteiger partial charge is 0.308 e. The number of nitro groups is 1. The Bertz CT molecular complexity index is 774. The quantitative estimate of drug-likeness (QED) is 0.369. The molecule has 25 heavy (non-hydrogen) atoms. The van der Waals surface area contributed by atoms with Crippen LogP contribution >= 0.6 is 7.60 Å². The second kappa shape index (κ2) is 8.34. The molecule has 2 rings (SSSR count). The molecule has 0 saturated heterocycles. The van der Waals surface area contributed by atoms with Crippen LogP contribution in [0.3, 0.4) is 0 Å². The summed E-state index contributed by atoms with van der Waals surface area (Å²) in [5, 5.41) is 11.4. The van der Waals surface area contributed by atoms with Crippen molar-refractivity contribution >= 4 is 13.3 Å². The van der Waals surface area contributed by atoms with Gasteiger partial charge in [-0.25, -0.2) is 4.39 Å². The van der Waals surface area contributed by atoms with Crippen LogP contribution in [0, 0.1) is 15.9 Å². The lowest BCUT2D eigenvalue weighted by molar-refractivity contribution is -0.385. The van der Waals surface area contributed by atoms with Crippen LogP contribution in [0.2, 0.25) is 0 Å². The molecule has 8 heteroatoms. The third-order valence-corrected chi connectivity index (χ3v) is 5.98. The second-order valence-corrected chi connectivity index (χ2v) is 7.26. The van der Waals surface area contributed by atoms with Crippen molar-refractivity contribution in [3.8, 4) is 0 Å². The fourth-order valence-corrected chi connectivity index (χ4v) is 4.80. The Morgan fingerprint density at radius 2 is 1.72 bits per heavy atom. The van der Waals surface area contributed by atoms with Crippen LogP contribution in [0.4, 0.5) is 10.1 Å². The summed E-state index contributed by atoms with van der Waals surface area (Å²) in [4.78, 5) is 10.8. The Labute approximate surface area is 145 Å². The van der Waals surface area contributed by atoms with Gasteiger partial charge in [-0.2, -0.15) is 0 Å². The third kappa shape index (κ3) is 4.31. The lowest BCUT2D eigenvalue weighted by atomic mass is 10.0. The Morgan fingerprint density at radius 1 is 1.12 bits per heavy atom. The summed E-state index contributed by atoms with van der Waals surface area (Å²) in [6, 6.07) is 11.5. The second-order valence-electron chi connectivity index (χ2n) is 5.15. The van der Waals surface area contributed by atoms with Gasteiger partial charge in [0.15, 0.2) is 0 Å². The average Bonchev–Trinajstić information content (AvgIpc) is 2.56. The molecular weight excluding hydrogens is 348 g/mol. The zero-order valence-electron chi connectivity index (χ0n) is 13.9. The van der Waals surface area contributed by atoms with E-state index in [0.717, 1.165) is 18.2 Å². The maximum absolute atomic E-state index is 13.9. The molecule has 0 aliphatic rings. The highest BCUT2D eigenvalue weighted by Gasteiger charge is 2.41. The summed E-state index contributed by atoms with van der Waals surface area (Å²) in [6.07, 6.45) is 0. The predicted octanol–water partition coefficient (Wildman–Crippen LogP) is 5.09. The first-order valence-corrected chi connectivity index (χ1v) is 9.41. The van der Waals surface area contributed by atoms with Gasteiger partial charge in [0.1, 0.15) is 11.5 Å². The third-order valence-electron chi connectivity index (χ3n) is 3.53. The van der Waals surface area contributed by atoms with E-state index in [0.29, 0.717) is 5.56 Å². The highest BCUT2D eigenvalue weighted by Crippen LogP contribution is 2.64. The molecule has 0 bridgehead atoms. The number of nitro benzene ring substituents is 1. The van der Waals surface area contributed by atoms with Crippen molar-refractivity contribution < 1.29 is 22.9 Å². The summed E-state index contributed by atoms with van der Waals surface area (Å²) in [5.74, 6) is -0.666. The van der Waals surface area contributed by atoms with Gasteiger partial charge in [0.05, 0.1) is 23.7 Å². The van der Waals surface area contributed by atoms with Gasteiger partial charge in [-0.3, -0.25) is 14.7 Å². The van der Waals surface area contributed by atoms with E-state index in [1.165, 1.54) is 0 Å². The van der Waals surface area contributed by atoms with Crippen LogP contribution < -0.4 is 0 Å². The summed E-state index contributed by atoms with van der Waals surface area (Å²) >= 11 is 0. The molecule has 2 aromatic rings. The summed E-state index contributed by atoms with van der Waals surface area (Å²) in [5.41, 5.74) is -0.998. The van der Waals surface area contributed by atoms with E-state index >= 15 is 0 Å². The van der Waals surface area contributed by atoms with Gasteiger partial charge in [0.25, 0.3) is 5.69 Å². The van der Waals surface area contributed by atoms with Gasteiger partial charge in [-0.1, -0.05) is 30.3 Å². The van der Waals surface area contributed by atoms with Crippen LogP contribution in [0.15, 0.2) is 48.5 Å². The highest BCUT2D eigenvalue weighted by molar-refractivity contribution is 7.54.